The predicted molar refractivity (Wildman–Crippen MR) is 56.6 cm³/mol. The molecule has 2 aromatic rings. The van der Waals surface area contributed by atoms with Crippen molar-refractivity contribution in [3.63, 3.8) is 0 Å². The Morgan fingerprint density at radius 3 is 3.14 bits per heavy atom. The van der Waals surface area contributed by atoms with Crippen LogP contribution in [0.4, 0.5) is 0 Å². The molecular formula is C9H8BrN3O. The molecule has 5 heteroatoms. The fourth-order valence-electron chi connectivity index (χ4n) is 1.39. The fraction of sp³-hybridized carbons (Fsp3) is 0.111. The van der Waals surface area contributed by atoms with Crippen LogP contribution in [0.2, 0.25) is 0 Å². The monoisotopic (exact) mass is 253 g/mol. The van der Waals surface area contributed by atoms with E-state index in [1.54, 1.807) is 17.0 Å². The van der Waals surface area contributed by atoms with Crippen LogP contribution in [-0.4, -0.2) is 15.5 Å². The number of halogens is 1. The number of pyridine rings is 1. The summed E-state index contributed by atoms with van der Waals surface area (Å²) in [5, 5.41) is 1.03. The molecule has 0 radical (unpaired) electrons. The van der Waals surface area contributed by atoms with Crippen LogP contribution < -0.4 is 5.73 Å². The molecule has 72 valence electrons. The van der Waals surface area contributed by atoms with Gasteiger partial charge < -0.3 is 10.3 Å². The van der Waals surface area contributed by atoms with E-state index in [1.165, 1.54) is 0 Å². The van der Waals surface area contributed by atoms with Crippen molar-refractivity contribution < 1.29 is 4.79 Å². The lowest BCUT2D eigenvalue weighted by atomic mass is 10.3. The lowest BCUT2D eigenvalue weighted by Crippen LogP contribution is -2.17. The highest BCUT2D eigenvalue weighted by Crippen LogP contribution is 2.24. The summed E-state index contributed by atoms with van der Waals surface area (Å²) < 4.78 is 2.71. The van der Waals surface area contributed by atoms with Crippen molar-refractivity contribution in [2.24, 2.45) is 5.73 Å². The Bertz CT molecular complexity index is 492. The van der Waals surface area contributed by atoms with Crippen LogP contribution in [0, 0.1) is 0 Å². The summed E-state index contributed by atoms with van der Waals surface area (Å²) in [6.45, 7) is 0.174. The molecule has 0 aromatic carbocycles. The summed E-state index contributed by atoms with van der Waals surface area (Å²) in [7, 11) is 0. The van der Waals surface area contributed by atoms with Crippen molar-refractivity contribution in [1.82, 2.24) is 9.55 Å². The molecular weight excluding hydrogens is 246 g/mol. The molecule has 2 aromatic heterocycles. The highest BCUT2D eigenvalue weighted by Gasteiger charge is 2.07. The number of hydrogen-bond acceptors (Lipinski definition) is 2. The molecule has 0 aliphatic rings. The number of nitrogens with zero attached hydrogens (tertiary/aromatic N) is 2. The molecule has 0 unspecified atom stereocenters. The van der Waals surface area contributed by atoms with Crippen LogP contribution in [0.3, 0.4) is 0 Å². The molecule has 0 saturated carbocycles. The summed E-state index contributed by atoms with van der Waals surface area (Å²) in [5.41, 5.74) is 6.03. The molecule has 0 aliphatic heterocycles. The summed E-state index contributed by atoms with van der Waals surface area (Å²) in [5.74, 6) is -0.363. The lowest BCUT2D eigenvalue weighted by Gasteiger charge is -1.99. The number of primary amides is 1. The Morgan fingerprint density at radius 2 is 2.43 bits per heavy atom. The highest BCUT2D eigenvalue weighted by molar-refractivity contribution is 9.10. The first-order valence-corrected chi connectivity index (χ1v) is 4.84. The zero-order chi connectivity index (χ0) is 10.1. The van der Waals surface area contributed by atoms with Gasteiger partial charge in [0.05, 0.1) is 11.7 Å². The van der Waals surface area contributed by atoms with Gasteiger partial charge in [-0.3, -0.25) is 9.78 Å². The van der Waals surface area contributed by atoms with Crippen LogP contribution in [0.5, 0.6) is 0 Å². The smallest absolute Gasteiger partial charge is 0.237 e. The van der Waals surface area contributed by atoms with Crippen molar-refractivity contribution in [2.45, 2.75) is 6.54 Å². The topological polar surface area (TPSA) is 60.9 Å². The molecule has 2 N–H and O–H groups in total. The minimum absolute atomic E-state index is 0.174. The van der Waals surface area contributed by atoms with E-state index in [9.17, 15) is 4.79 Å². The van der Waals surface area contributed by atoms with E-state index >= 15 is 0 Å². The summed E-state index contributed by atoms with van der Waals surface area (Å²) >= 11 is 3.41. The third kappa shape index (κ3) is 1.50. The number of rotatable bonds is 2. The molecule has 14 heavy (non-hydrogen) atoms. The number of hydrogen-bond donors (Lipinski definition) is 1. The molecule has 0 bridgehead atoms. The Hall–Kier alpha value is -1.36. The van der Waals surface area contributed by atoms with Gasteiger partial charge in [-0.15, -0.1) is 0 Å². The van der Waals surface area contributed by atoms with E-state index in [2.05, 4.69) is 20.9 Å². The van der Waals surface area contributed by atoms with Gasteiger partial charge in [0, 0.05) is 22.3 Å². The van der Waals surface area contributed by atoms with Gasteiger partial charge in [-0.2, -0.15) is 0 Å². The van der Waals surface area contributed by atoms with E-state index in [1.807, 2.05) is 12.3 Å². The zero-order valence-electron chi connectivity index (χ0n) is 7.27. The van der Waals surface area contributed by atoms with E-state index < -0.39 is 0 Å². The second kappa shape index (κ2) is 3.42. The Labute approximate surface area is 88.9 Å². The van der Waals surface area contributed by atoms with Crippen LogP contribution in [0.15, 0.2) is 29.1 Å². The van der Waals surface area contributed by atoms with E-state index in [0.717, 1.165) is 15.4 Å². The third-order valence-corrected chi connectivity index (χ3v) is 2.59. The van der Waals surface area contributed by atoms with Gasteiger partial charge in [0.1, 0.15) is 6.54 Å². The Morgan fingerprint density at radius 1 is 1.64 bits per heavy atom. The van der Waals surface area contributed by atoms with Gasteiger partial charge in [0.2, 0.25) is 5.91 Å². The first-order valence-electron chi connectivity index (χ1n) is 4.05. The average Bonchev–Trinajstić information content (AvgIpc) is 2.44. The quantitative estimate of drug-likeness (QED) is 0.877. The number of amides is 1. The molecule has 2 heterocycles. The van der Waals surface area contributed by atoms with Crippen LogP contribution in [0.25, 0.3) is 10.9 Å². The number of carbonyl (C=O) groups is 1. The molecule has 0 atom stereocenters. The van der Waals surface area contributed by atoms with Gasteiger partial charge in [0.25, 0.3) is 0 Å². The third-order valence-electron chi connectivity index (χ3n) is 1.96. The number of nitrogens with two attached hydrogens (primary N) is 1. The maximum absolute atomic E-state index is 10.8. The molecule has 2 rings (SSSR count). The van der Waals surface area contributed by atoms with Gasteiger partial charge in [-0.1, -0.05) is 0 Å². The van der Waals surface area contributed by atoms with Crippen molar-refractivity contribution in [3.8, 4) is 0 Å². The standard InChI is InChI=1S/C9H8BrN3O/c10-7-4-13(5-9(11)14)8-3-12-2-1-6(7)8/h1-4H,5H2,(H2,11,14). The average molecular weight is 254 g/mol. The minimum atomic E-state index is -0.363. The molecule has 0 fully saturated rings. The van der Waals surface area contributed by atoms with Gasteiger partial charge in [0.15, 0.2) is 0 Å². The van der Waals surface area contributed by atoms with Gasteiger partial charge >= 0.3 is 0 Å². The predicted octanol–water partition coefficient (Wildman–Crippen LogP) is 1.28. The van der Waals surface area contributed by atoms with E-state index in [4.69, 9.17) is 5.73 Å². The van der Waals surface area contributed by atoms with Crippen molar-refractivity contribution in [1.29, 1.82) is 0 Å². The van der Waals surface area contributed by atoms with E-state index in [0.29, 0.717) is 0 Å². The van der Waals surface area contributed by atoms with Crippen molar-refractivity contribution >= 4 is 32.7 Å². The normalized spacial score (nSPS) is 10.6. The second-order valence-electron chi connectivity index (χ2n) is 2.96. The molecule has 0 aliphatic carbocycles. The molecule has 0 spiro atoms. The summed E-state index contributed by atoms with van der Waals surface area (Å²) in [4.78, 5) is 14.8. The van der Waals surface area contributed by atoms with Crippen molar-refractivity contribution in [2.75, 3.05) is 0 Å². The lowest BCUT2D eigenvalue weighted by molar-refractivity contribution is -0.118. The summed E-state index contributed by atoms with van der Waals surface area (Å²) in [6.07, 6.45) is 5.25. The van der Waals surface area contributed by atoms with Crippen LogP contribution in [0.1, 0.15) is 0 Å². The van der Waals surface area contributed by atoms with Crippen molar-refractivity contribution in [3.05, 3.63) is 29.1 Å². The Kier molecular flexibility index (Phi) is 2.25. The molecule has 0 saturated heterocycles. The minimum Gasteiger partial charge on any atom is -0.368 e. The molecule has 1 amide bonds. The highest BCUT2D eigenvalue weighted by atomic mass is 79.9. The maximum atomic E-state index is 10.8. The maximum Gasteiger partial charge on any atom is 0.237 e. The molecule has 4 nitrogen and oxygen atoms in total. The summed E-state index contributed by atoms with van der Waals surface area (Å²) in [6, 6.07) is 1.89. The largest absolute Gasteiger partial charge is 0.368 e. The Balaban J connectivity index is 2.60. The van der Waals surface area contributed by atoms with E-state index in [-0.39, 0.29) is 12.5 Å². The fourth-order valence-corrected chi connectivity index (χ4v) is 1.97. The first kappa shape index (κ1) is 9.21. The first-order chi connectivity index (χ1) is 6.68. The number of fused-ring (bicyclic) bond motifs is 1. The number of carbonyl (C=O) groups excluding carboxylic acids is 1. The second-order valence-corrected chi connectivity index (χ2v) is 3.82. The zero-order valence-corrected chi connectivity index (χ0v) is 8.86. The van der Waals surface area contributed by atoms with Crippen LogP contribution >= 0.6 is 15.9 Å². The SMILES string of the molecule is NC(=O)Cn1cc(Br)c2ccncc21. The van der Waals surface area contributed by atoms with Gasteiger partial charge in [-0.05, 0) is 22.0 Å². The van der Waals surface area contributed by atoms with Crippen LogP contribution in [-0.2, 0) is 11.3 Å². The van der Waals surface area contributed by atoms with Gasteiger partial charge in [-0.25, -0.2) is 0 Å². The number of aromatic nitrogens is 2.